The Morgan fingerprint density at radius 2 is 1.88 bits per heavy atom. The Labute approximate surface area is 108 Å². The Morgan fingerprint density at radius 3 is 2.50 bits per heavy atom. The Bertz CT molecular complexity index is 478. The molecule has 0 amide bonds. The summed E-state index contributed by atoms with van der Waals surface area (Å²) in [6, 6.07) is 5.34. The van der Waals surface area contributed by atoms with Gasteiger partial charge in [-0.2, -0.15) is 8.75 Å². The van der Waals surface area contributed by atoms with Gasteiger partial charge in [0.25, 0.3) is 0 Å². The van der Waals surface area contributed by atoms with E-state index in [1.165, 1.54) is 0 Å². The van der Waals surface area contributed by atoms with Crippen LogP contribution in [0.15, 0.2) is 18.2 Å². The van der Waals surface area contributed by atoms with Gasteiger partial charge in [0.05, 0.1) is 11.7 Å². The number of nitrogens with one attached hydrogen (secondary N) is 1. The average molecular weight is 274 g/mol. The van der Waals surface area contributed by atoms with E-state index in [0.717, 1.165) is 35.3 Å². The number of hydrogen-bond donors (Lipinski definition) is 1. The summed E-state index contributed by atoms with van der Waals surface area (Å²) in [6.45, 7) is 2.81. The van der Waals surface area contributed by atoms with Gasteiger partial charge in [0, 0.05) is 22.2 Å². The summed E-state index contributed by atoms with van der Waals surface area (Å²) in [5, 5.41) is 4.33. The highest BCUT2D eigenvalue weighted by atomic mass is 35.5. The van der Waals surface area contributed by atoms with Crippen LogP contribution in [0, 0.1) is 0 Å². The topological polar surface area (TPSA) is 37.8 Å². The quantitative estimate of drug-likeness (QED) is 0.921. The third-order valence-corrected chi connectivity index (χ3v) is 2.93. The zero-order chi connectivity index (χ0) is 11.5. The Hall–Kier alpha value is -0.840. The van der Waals surface area contributed by atoms with Crippen molar-refractivity contribution in [2.75, 3.05) is 11.9 Å². The molecule has 0 aliphatic carbocycles. The summed E-state index contributed by atoms with van der Waals surface area (Å²) in [6.07, 6.45) is 0. The lowest BCUT2D eigenvalue weighted by molar-refractivity contribution is 1.19. The van der Waals surface area contributed by atoms with Gasteiger partial charge in [0.2, 0.25) is 0 Å². The predicted molar refractivity (Wildman–Crippen MR) is 69.5 cm³/mol. The van der Waals surface area contributed by atoms with Crippen molar-refractivity contribution in [3.8, 4) is 11.3 Å². The van der Waals surface area contributed by atoms with Crippen LogP contribution in [-0.4, -0.2) is 15.3 Å². The Balaban J connectivity index is 2.45. The second-order valence-electron chi connectivity index (χ2n) is 3.15. The molecule has 0 aliphatic rings. The van der Waals surface area contributed by atoms with Crippen LogP contribution < -0.4 is 5.32 Å². The highest BCUT2D eigenvalue weighted by Gasteiger charge is 2.10. The summed E-state index contributed by atoms with van der Waals surface area (Å²) in [5.41, 5.74) is 1.67. The maximum Gasteiger partial charge on any atom is 0.168 e. The Kier molecular flexibility index (Phi) is 3.63. The molecule has 0 fully saturated rings. The third kappa shape index (κ3) is 2.45. The maximum atomic E-state index is 5.95. The zero-order valence-electron chi connectivity index (χ0n) is 8.50. The molecule has 3 nitrogen and oxygen atoms in total. The van der Waals surface area contributed by atoms with Crippen molar-refractivity contribution in [3.05, 3.63) is 28.2 Å². The molecule has 0 spiro atoms. The van der Waals surface area contributed by atoms with Crippen LogP contribution in [0.1, 0.15) is 6.92 Å². The molecule has 2 rings (SSSR count). The molecule has 0 saturated carbocycles. The minimum atomic E-state index is 0.595. The number of hydrogen-bond acceptors (Lipinski definition) is 4. The molecule has 1 heterocycles. The molecule has 0 bridgehead atoms. The van der Waals surface area contributed by atoms with E-state index in [2.05, 4.69) is 14.1 Å². The van der Waals surface area contributed by atoms with Gasteiger partial charge in [0.15, 0.2) is 5.82 Å². The van der Waals surface area contributed by atoms with E-state index in [1.54, 1.807) is 6.07 Å². The normalized spacial score (nSPS) is 10.4. The van der Waals surface area contributed by atoms with Gasteiger partial charge in [-0.15, -0.1) is 0 Å². The summed E-state index contributed by atoms with van der Waals surface area (Å²) in [5.74, 6) is 0.769. The van der Waals surface area contributed by atoms with Crippen LogP contribution >= 0.6 is 34.9 Å². The molecule has 84 valence electrons. The van der Waals surface area contributed by atoms with Crippen molar-refractivity contribution in [3.63, 3.8) is 0 Å². The number of benzene rings is 1. The van der Waals surface area contributed by atoms with Crippen LogP contribution in [0.5, 0.6) is 0 Å². The standard InChI is InChI=1S/C10H9Cl2N3S/c1-2-13-10-9(14-16-15-10)6-3-7(11)5-8(12)4-6/h3-5H,2H2,1H3,(H,13,15). The number of halogens is 2. The van der Waals surface area contributed by atoms with E-state index in [-0.39, 0.29) is 0 Å². The van der Waals surface area contributed by atoms with Gasteiger partial charge in [0.1, 0.15) is 5.69 Å². The van der Waals surface area contributed by atoms with E-state index in [9.17, 15) is 0 Å². The molecule has 0 unspecified atom stereocenters. The summed E-state index contributed by atoms with van der Waals surface area (Å²) < 4.78 is 8.41. The van der Waals surface area contributed by atoms with Crippen LogP contribution in [0.3, 0.4) is 0 Å². The Morgan fingerprint density at radius 1 is 1.19 bits per heavy atom. The van der Waals surface area contributed by atoms with Gasteiger partial charge in [-0.25, -0.2) is 0 Å². The van der Waals surface area contributed by atoms with E-state index < -0.39 is 0 Å². The van der Waals surface area contributed by atoms with E-state index in [0.29, 0.717) is 10.0 Å². The number of aromatic nitrogens is 2. The lowest BCUT2D eigenvalue weighted by Crippen LogP contribution is -1.98. The number of rotatable bonds is 3. The fourth-order valence-electron chi connectivity index (χ4n) is 1.35. The molecule has 1 N–H and O–H groups in total. The van der Waals surface area contributed by atoms with Gasteiger partial charge >= 0.3 is 0 Å². The minimum Gasteiger partial charge on any atom is -0.368 e. The zero-order valence-corrected chi connectivity index (χ0v) is 10.8. The first-order valence-corrected chi connectivity index (χ1v) is 6.22. The average Bonchev–Trinajstić information content (AvgIpc) is 2.65. The molecular weight excluding hydrogens is 265 g/mol. The molecule has 2 aromatic rings. The molecule has 0 saturated heterocycles. The first-order chi connectivity index (χ1) is 7.70. The van der Waals surface area contributed by atoms with Crippen LogP contribution in [0.2, 0.25) is 10.0 Å². The second kappa shape index (κ2) is 4.99. The monoisotopic (exact) mass is 273 g/mol. The molecule has 1 aromatic heterocycles. The second-order valence-corrected chi connectivity index (χ2v) is 4.55. The van der Waals surface area contributed by atoms with E-state index in [1.807, 2.05) is 19.1 Å². The molecule has 0 atom stereocenters. The minimum absolute atomic E-state index is 0.595. The van der Waals surface area contributed by atoms with Crippen molar-refractivity contribution < 1.29 is 0 Å². The van der Waals surface area contributed by atoms with Gasteiger partial charge in [-0.3, -0.25) is 0 Å². The smallest absolute Gasteiger partial charge is 0.168 e. The molecule has 0 radical (unpaired) electrons. The van der Waals surface area contributed by atoms with Crippen LogP contribution in [0.25, 0.3) is 11.3 Å². The lowest BCUT2D eigenvalue weighted by Gasteiger charge is -2.03. The van der Waals surface area contributed by atoms with E-state index >= 15 is 0 Å². The van der Waals surface area contributed by atoms with Crippen LogP contribution in [-0.2, 0) is 0 Å². The highest BCUT2D eigenvalue weighted by Crippen LogP contribution is 2.30. The lowest BCUT2D eigenvalue weighted by atomic mass is 10.1. The first kappa shape index (κ1) is 11.6. The first-order valence-electron chi connectivity index (χ1n) is 4.73. The largest absolute Gasteiger partial charge is 0.368 e. The van der Waals surface area contributed by atoms with Crippen molar-refractivity contribution in [1.29, 1.82) is 0 Å². The fourth-order valence-corrected chi connectivity index (χ4v) is 2.43. The van der Waals surface area contributed by atoms with Crippen molar-refractivity contribution in [2.45, 2.75) is 6.92 Å². The maximum absolute atomic E-state index is 5.95. The molecule has 6 heteroatoms. The molecule has 0 aliphatic heterocycles. The van der Waals surface area contributed by atoms with Gasteiger partial charge in [-0.1, -0.05) is 23.2 Å². The molecule has 1 aromatic carbocycles. The van der Waals surface area contributed by atoms with E-state index in [4.69, 9.17) is 23.2 Å². The number of nitrogens with zero attached hydrogens (tertiary/aromatic N) is 2. The van der Waals surface area contributed by atoms with Gasteiger partial charge in [-0.05, 0) is 25.1 Å². The highest BCUT2D eigenvalue weighted by molar-refractivity contribution is 6.99. The van der Waals surface area contributed by atoms with Crippen molar-refractivity contribution in [1.82, 2.24) is 8.75 Å². The SMILES string of the molecule is CCNc1nsnc1-c1cc(Cl)cc(Cl)c1. The third-order valence-electron chi connectivity index (χ3n) is 1.97. The summed E-state index contributed by atoms with van der Waals surface area (Å²) >= 11 is 13.1. The van der Waals surface area contributed by atoms with Crippen molar-refractivity contribution in [2.24, 2.45) is 0 Å². The predicted octanol–water partition coefficient (Wildman–Crippen LogP) is 3.94. The summed E-state index contributed by atoms with van der Waals surface area (Å²) in [4.78, 5) is 0. The van der Waals surface area contributed by atoms with Gasteiger partial charge < -0.3 is 5.32 Å². The van der Waals surface area contributed by atoms with Crippen LogP contribution in [0.4, 0.5) is 5.82 Å². The molecular formula is C10H9Cl2N3S. The van der Waals surface area contributed by atoms with Crippen molar-refractivity contribution >= 4 is 40.7 Å². The fraction of sp³-hybridized carbons (Fsp3) is 0.200. The molecule has 16 heavy (non-hydrogen) atoms. The summed E-state index contributed by atoms with van der Waals surface area (Å²) in [7, 11) is 0. The number of anilines is 1.